The first kappa shape index (κ1) is 18.6. The van der Waals surface area contributed by atoms with E-state index in [1.165, 1.54) is 6.07 Å². The molecule has 1 aliphatic heterocycles. The summed E-state index contributed by atoms with van der Waals surface area (Å²) in [5.41, 5.74) is 0.380. The van der Waals surface area contributed by atoms with Crippen LogP contribution in [0.5, 0.6) is 0 Å². The summed E-state index contributed by atoms with van der Waals surface area (Å²) in [7, 11) is 0. The van der Waals surface area contributed by atoms with E-state index in [0.717, 1.165) is 11.0 Å². The minimum absolute atomic E-state index is 0.112. The first-order valence-corrected chi connectivity index (χ1v) is 9.54. The largest absolute Gasteiger partial charge is 0.406 e. The molecule has 0 amide bonds. The Hall–Kier alpha value is -3.43. The van der Waals surface area contributed by atoms with Crippen LogP contribution >= 0.6 is 0 Å². The van der Waals surface area contributed by atoms with Crippen molar-refractivity contribution in [2.75, 3.05) is 11.4 Å². The van der Waals surface area contributed by atoms with E-state index >= 15 is 0 Å². The number of hydrogen-bond donors (Lipinski definition) is 0. The molecule has 1 aliphatic rings. The lowest BCUT2D eigenvalue weighted by Gasteiger charge is -2.27. The molecule has 7 nitrogen and oxygen atoms in total. The van der Waals surface area contributed by atoms with E-state index < -0.39 is 24.3 Å². The van der Waals surface area contributed by atoms with Gasteiger partial charge in [0.1, 0.15) is 18.2 Å². The van der Waals surface area contributed by atoms with Crippen LogP contribution in [0.3, 0.4) is 0 Å². The molecule has 1 fully saturated rings. The number of aromatic nitrogens is 5. The van der Waals surface area contributed by atoms with Crippen molar-refractivity contribution in [1.29, 1.82) is 0 Å². The Kier molecular flexibility index (Phi) is 4.23. The van der Waals surface area contributed by atoms with Crippen molar-refractivity contribution in [2.45, 2.75) is 31.6 Å². The fourth-order valence-electron chi connectivity index (χ4n) is 4.04. The standard InChI is InChI=1S/C20H17F3N6O/c21-20(22,23)12-28-18(25-14-5-2-1-4-13(14)19(28)30)15-6-3-10-27(15)17-8-7-16-24-9-11-29(16)26-17/h1-2,4-5,7-9,11,15H,3,6,10,12H2. The second-order valence-electron chi connectivity index (χ2n) is 7.27. The minimum Gasteiger partial charge on any atom is -0.345 e. The summed E-state index contributed by atoms with van der Waals surface area (Å²) in [6, 6.07) is 9.58. The van der Waals surface area contributed by atoms with Crippen molar-refractivity contribution >= 4 is 22.4 Å². The molecule has 1 unspecified atom stereocenters. The molecule has 4 aromatic rings. The molecule has 154 valence electrons. The molecule has 0 bridgehead atoms. The van der Waals surface area contributed by atoms with Gasteiger partial charge in [-0.15, -0.1) is 5.10 Å². The van der Waals surface area contributed by atoms with Gasteiger partial charge >= 0.3 is 6.18 Å². The molecule has 0 aliphatic carbocycles. The van der Waals surface area contributed by atoms with E-state index in [1.54, 1.807) is 47.2 Å². The molecule has 10 heteroatoms. The maximum Gasteiger partial charge on any atom is 0.406 e. The minimum atomic E-state index is -4.54. The first-order valence-electron chi connectivity index (χ1n) is 9.54. The van der Waals surface area contributed by atoms with Crippen LogP contribution in [-0.4, -0.2) is 36.9 Å². The Bertz CT molecular complexity index is 1300. The summed E-state index contributed by atoms with van der Waals surface area (Å²) >= 11 is 0. The first-order chi connectivity index (χ1) is 14.4. The number of rotatable bonds is 3. The van der Waals surface area contributed by atoms with Gasteiger partial charge in [0.25, 0.3) is 5.56 Å². The van der Waals surface area contributed by atoms with E-state index in [2.05, 4.69) is 15.1 Å². The molecule has 3 aromatic heterocycles. The maximum absolute atomic E-state index is 13.3. The van der Waals surface area contributed by atoms with Gasteiger partial charge in [-0.05, 0) is 37.1 Å². The second-order valence-corrected chi connectivity index (χ2v) is 7.27. The zero-order valence-corrected chi connectivity index (χ0v) is 15.8. The monoisotopic (exact) mass is 414 g/mol. The van der Waals surface area contributed by atoms with Crippen molar-refractivity contribution < 1.29 is 13.2 Å². The van der Waals surface area contributed by atoms with Crippen molar-refractivity contribution in [3.8, 4) is 0 Å². The van der Waals surface area contributed by atoms with Gasteiger partial charge in [-0.1, -0.05) is 12.1 Å². The van der Waals surface area contributed by atoms with Gasteiger partial charge in [-0.2, -0.15) is 13.2 Å². The lowest BCUT2D eigenvalue weighted by Crippen LogP contribution is -2.36. The van der Waals surface area contributed by atoms with E-state index in [4.69, 9.17) is 0 Å². The summed E-state index contributed by atoms with van der Waals surface area (Å²) in [4.78, 5) is 23.5. The highest BCUT2D eigenvalue weighted by atomic mass is 19.4. The molecule has 0 radical (unpaired) electrons. The Morgan fingerprint density at radius 3 is 2.80 bits per heavy atom. The lowest BCUT2D eigenvalue weighted by molar-refractivity contribution is -0.141. The van der Waals surface area contributed by atoms with Gasteiger partial charge in [0.2, 0.25) is 0 Å². The number of benzene rings is 1. The average Bonchev–Trinajstić information content (AvgIpc) is 3.37. The van der Waals surface area contributed by atoms with Crippen LogP contribution < -0.4 is 10.5 Å². The highest BCUT2D eigenvalue weighted by Crippen LogP contribution is 2.35. The summed E-state index contributed by atoms with van der Waals surface area (Å²) < 4.78 is 42.3. The van der Waals surface area contributed by atoms with Gasteiger partial charge in [-0.3, -0.25) is 9.36 Å². The smallest absolute Gasteiger partial charge is 0.345 e. The van der Waals surface area contributed by atoms with Crippen LogP contribution in [0.1, 0.15) is 24.7 Å². The molecule has 1 atom stereocenters. The normalized spacial score (nSPS) is 17.3. The van der Waals surface area contributed by atoms with Crippen LogP contribution in [0, 0.1) is 0 Å². The molecule has 1 saturated heterocycles. The van der Waals surface area contributed by atoms with Crippen molar-refractivity contribution in [1.82, 2.24) is 24.1 Å². The van der Waals surface area contributed by atoms with Gasteiger partial charge in [0.05, 0.1) is 16.9 Å². The quantitative estimate of drug-likeness (QED) is 0.514. The fraction of sp³-hybridized carbons (Fsp3) is 0.300. The Labute approximate surface area is 168 Å². The summed E-state index contributed by atoms with van der Waals surface area (Å²) in [6.45, 7) is -0.774. The number of nitrogens with zero attached hydrogens (tertiary/aromatic N) is 6. The molecule has 0 saturated carbocycles. The summed E-state index contributed by atoms with van der Waals surface area (Å²) in [5.74, 6) is 0.713. The number of halogens is 3. The van der Waals surface area contributed by atoms with Crippen LogP contribution in [0.2, 0.25) is 0 Å². The molecular weight excluding hydrogens is 397 g/mol. The molecule has 5 rings (SSSR count). The molecule has 0 N–H and O–H groups in total. The molecule has 30 heavy (non-hydrogen) atoms. The van der Waals surface area contributed by atoms with Crippen LogP contribution in [-0.2, 0) is 6.54 Å². The molecule has 4 heterocycles. The van der Waals surface area contributed by atoms with Crippen LogP contribution in [0.4, 0.5) is 19.0 Å². The van der Waals surface area contributed by atoms with Crippen molar-refractivity contribution in [3.05, 3.63) is 65.0 Å². The zero-order valence-electron chi connectivity index (χ0n) is 15.8. The van der Waals surface area contributed by atoms with Gasteiger partial charge in [0.15, 0.2) is 5.65 Å². The maximum atomic E-state index is 13.3. The Morgan fingerprint density at radius 1 is 1.13 bits per heavy atom. The summed E-state index contributed by atoms with van der Waals surface area (Å²) in [5, 5.41) is 4.70. The van der Waals surface area contributed by atoms with Crippen LogP contribution in [0.25, 0.3) is 16.6 Å². The van der Waals surface area contributed by atoms with E-state index in [1.807, 2.05) is 4.90 Å². The van der Waals surface area contributed by atoms with Gasteiger partial charge in [-0.25, -0.2) is 14.5 Å². The molecule has 1 aromatic carbocycles. The zero-order chi connectivity index (χ0) is 20.9. The van der Waals surface area contributed by atoms with Gasteiger partial charge < -0.3 is 4.90 Å². The topological polar surface area (TPSA) is 68.3 Å². The number of fused-ring (bicyclic) bond motifs is 2. The number of anilines is 1. The van der Waals surface area contributed by atoms with E-state index in [0.29, 0.717) is 29.9 Å². The highest BCUT2D eigenvalue weighted by molar-refractivity contribution is 5.77. The number of alkyl halides is 3. The Morgan fingerprint density at radius 2 is 1.97 bits per heavy atom. The predicted octanol–water partition coefficient (Wildman–Crippen LogP) is 3.34. The molecule has 0 spiro atoms. The van der Waals surface area contributed by atoms with Crippen molar-refractivity contribution in [3.63, 3.8) is 0 Å². The fourth-order valence-corrected chi connectivity index (χ4v) is 4.04. The van der Waals surface area contributed by atoms with Crippen LogP contribution in [0.15, 0.2) is 53.6 Å². The number of para-hydroxylation sites is 1. The van der Waals surface area contributed by atoms with Crippen molar-refractivity contribution in [2.24, 2.45) is 0 Å². The third-order valence-electron chi connectivity index (χ3n) is 5.31. The highest BCUT2D eigenvalue weighted by Gasteiger charge is 2.36. The Balaban J connectivity index is 1.66. The van der Waals surface area contributed by atoms with Gasteiger partial charge in [0, 0.05) is 18.9 Å². The predicted molar refractivity (Wildman–Crippen MR) is 104 cm³/mol. The third-order valence-corrected chi connectivity index (χ3v) is 5.31. The second kappa shape index (κ2) is 6.82. The summed E-state index contributed by atoms with van der Waals surface area (Å²) in [6.07, 6.45) is 0.118. The number of imidazole rings is 1. The third kappa shape index (κ3) is 3.17. The molecular formula is C20H17F3N6O. The SMILES string of the molecule is O=c1c2ccccc2nc(C2CCCN2c2ccc3nccn3n2)n1CC(F)(F)F. The lowest BCUT2D eigenvalue weighted by atomic mass is 10.1. The van der Waals surface area contributed by atoms with E-state index in [-0.39, 0.29) is 11.2 Å². The average molecular weight is 414 g/mol. The number of hydrogen-bond acceptors (Lipinski definition) is 5. The van der Waals surface area contributed by atoms with E-state index in [9.17, 15) is 18.0 Å².